The Morgan fingerprint density at radius 2 is 1.94 bits per heavy atom. The molecule has 2 aromatic rings. The van der Waals surface area contributed by atoms with Crippen LogP contribution in [0.4, 0.5) is 0 Å². The van der Waals surface area contributed by atoms with E-state index in [9.17, 15) is 9.59 Å². The molecule has 1 spiro atoms. The van der Waals surface area contributed by atoms with E-state index in [0.29, 0.717) is 24.2 Å². The van der Waals surface area contributed by atoms with Crippen LogP contribution in [0.5, 0.6) is 11.5 Å². The summed E-state index contributed by atoms with van der Waals surface area (Å²) in [6.45, 7) is 7.11. The molecule has 3 aliphatic rings. The third-order valence-corrected chi connectivity index (χ3v) is 7.15. The quantitative estimate of drug-likeness (QED) is 0.586. The summed E-state index contributed by atoms with van der Waals surface area (Å²) in [7, 11) is 1.65. The Balaban J connectivity index is 1.69. The van der Waals surface area contributed by atoms with Gasteiger partial charge in [-0.15, -0.1) is 0 Å². The van der Waals surface area contributed by atoms with Crippen molar-refractivity contribution in [1.82, 2.24) is 4.57 Å². The molecule has 1 aliphatic heterocycles. The first-order chi connectivity index (χ1) is 15.4. The van der Waals surface area contributed by atoms with Gasteiger partial charge in [0.15, 0.2) is 16.9 Å². The lowest BCUT2D eigenvalue weighted by Gasteiger charge is -2.41. The fourth-order valence-corrected chi connectivity index (χ4v) is 5.39. The molecule has 2 heterocycles. The van der Waals surface area contributed by atoms with Crippen LogP contribution in [0.2, 0.25) is 0 Å². The number of hydrogen-bond donors (Lipinski definition) is 0. The maximum atomic E-state index is 12.9. The standard InChI is InChI=1S/C26H31NO5/c1-5-31-25(29)18-13-27-20(12-21(18)28)17-10-22(30-4)23(32-14-16-6-7-16)11-19(17)26(8-9-26)24(27)15(2)3/h10-13,15-16,24H,5-9,14H2,1-4H3. The zero-order valence-electron chi connectivity index (χ0n) is 19.3. The Labute approximate surface area is 188 Å². The fourth-order valence-electron chi connectivity index (χ4n) is 5.39. The van der Waals surface area contributed by atoms with Gasteiger partial charge in [0, 0.05) is 29.3 Å². The molecular weight excluding hydrogens is 406 g/mol. The molecule has 0 amide bonds. The third kappa shape index (κ3) is 3.31. The van der Waals surface area contributed by atoms with Crippen LogP contribution >= 0.6 is 0 Å². The minimum absolute atomic E-state index is 0.0263. The van der Waals surface area contributed by atoms with Crippen LogP contribution in [-0.2, 0) is 10.2 Å². The summed E-state index contributed by atoms with van der Waals surface area (Å²) in [4.78, 5) is 25.4. The number of ether oxygens (including phenoxy) is 3. The van der Waals surface area contributed by atoms with Gasteiger partial charge in [-0.2, -0.15) is 0 Å². The van der Waals surface area contributed by atoms with Gasteiger partial charge in [0.05, 0.1) is 26.0 Å². The van der Waals surface area contributed by atoms with Crippen molar-refractivity contribution in [3.05, 3.63) is 45.7 Å². The number of benzene rings is 1. The van der Waals surface area contributed by atoms with E-state index in [2.05, 4.69) is 24.5 Å². The maximum absolute atomic E-state index is 12.9. The molecule has 170 valence electrons. The molecule has 1 atom stereocenters. The Morgan fingerprint density at radius 1 is 1.19 bits per heavy atom. The number of pyridine rings is 1. The molecule has 2 aliphatic carbocycles. The summed E-state index contributed by atoms with van der Waals surface area (Å²) in [5.74, 6) is 1.87. The zero-order valence-corrected chi connectivity index (χ0v) is 19.3. The van der Waals surface area contributed by atoms with Crippen molar-refractivity contribution >= 4 is 5.97 Å². The van der Waals surface area contributed by atoms with Crippen molar-refractivity contribution in [2.45, 2.75) is 57.9 Å². The number of fused-ring (bicyclic) bond motifs is 4. The molecule has 0 saturated heterocycles. The first kappa shape index (κ1) is 21.1. The molecule has 32 heavy (non-hydrogen) atoms. The van der Waals surface area contributed by atoms with Crippen molar-refractivity contribution in [3.8, 4) is 22.8 Å². The van der Waals surface area contributed by atoms with Gasteiger partial charge >= 0.3 is 5.97 Å². The number of carbonyl (C=O) groups excluding carboxylic acids is 1. The van der Waals surface area contributed by atoms with E-state index in [1.807, 2.05) is 6.07 Å². The summed E-state index contributed by atoms with van der Waals surface area (Å²) < 4.78 is 19.1. The van der Waals surface area contributed by atoms with Gasteiger partial charge in [-0.25, -0.2) is 4.79 Å². The first-order valence-electron chi connectivity index (χ1n) is 11.7. The average Bonchev–Trinajstić information content (AvgIpc) is 3.68. The Hall–Kier alpha value is -2.76. The molecule has 5 rings (SSSR count). The molecule has 1 aromatic carbocycles. The second-order valence-electron chi connectivity index (χ2n) is 9.71. The average molecular weight is 438 g/mol. The van der Waals surface area contributed by atoms with Crippen molar-refractivity contribution in [1.29, 1.82) is 0 Å². The van der Waals surface area contributed by atoms with E-state index >= 15 is 0 Å². The number of aromatic nitrogens is 1. The molecule has 6 heteroatoms. The molecule has 2 fully saturated rings. The first-order valence-corrected chi connectivity index (χ1v) is 11.7. The molecular formula is C26H31NO5. The topological polar surface area (TPSA) is 66.8 Å². The van der Waals surface area contributed by atoms with E-state index < -0.39 is 5.97 Å². The van der Waals surface area contributed by atoms with Crippen molar-refractivity contribution < 1.29 is 19.0 Å². The highest BCUT2D eigenvalue weighted by Gasteiger charge is 2.56. The monoisotopic (exact) mass is 437 g/mol. The number of methoxy groups -OCH3 is 1. The minimum atomic E-state index is -0.563. The lowest BCUT2D eigenvalue weighted by Crippen LogP contribution is -2.36. The summed E-state index contributed by atoms with van der Waals surface area (Å²) in [6.07, 6.45) is 6.31. The summed E-state index contributed by atoms with van der Waals surface area (Å²) in [5.41, 5.74) is 2.79. The zero-order chi connectivity index (χ0) is 22.6. The number of nitrogens with zero attached hydrogens (tertiary/aromatic N) is 1. The molecule has 0 N–H and O–H groups in total. The van der Waals surface area contributed by atoms with E-state index in [-0.39, 0.29) is 29.1 Å². The predicted octanol–water partition coefficient (Wildman–Crippen LogP) is 4.73. The van der Waals surface area contributed by atoms with Crippen LogP contribution in [0.1, 0.15) is 68.4 Å². The lowest BCUT2D eigenvalue weighted by atomic mass is 9.75. The van der Waals surface area contributed by atoms with Gasteiger partial charge in [-0.05, 0) is 62.1 Å². The van der Waals surface area contributed by atoms with Crippen LogP contribution in [-0.4, -0.2) is 30.9 Å². The van der Waals surface area contributed by atoms with Crippen LogP contribution in [0, 0.1) is 11.8 Å². The normalized spacial score (nSPS) is 20.0. The number of rotatable bonds is 7. The molecule has 0 radical (unpaired) electrons. The SMILES string of the molecule is CCOC(=O)c1cn2c(cc1=O)-c1cc(OC)c(OCC3CC3)cc1C1(CC1)C2C(C)C. The largest absolute Gasteiger partial charge is 0.493 e. The highest BCUT2D eigenvalue weighted by atomic mass is 16.5. The van der Waals surface area contributed by atoms with Crippen LogP contribution in [0.15, 0.2) is 29.2 Å². The van der Waals surface area contributed by atoms with Gasteiger partial charge in [-0.1, -0.05) is 13.8 Å². The van der Waals surface area contributed by atoms with Crippen molar-refractivity contribution in [2.24, 2.45) is 11.8 Å². The Morgan fingerprint density at radius 3 is 2.53 bits per heavy atom. The van der Waals surface area contributed by atoms with E-state index in [4.69, 9.17) is 14.2 Å². The number of hydrogen-bond acceptors (Lipinski definition) is 5. The van der Waals surface area contributed by atoms with E-state index in [1.54, 1.807) is 26.3 Å². The Bertz CT molecular complexity index is 1120. The Kier molecular flexibility index (Phi) is 5.06. The molecule has 0 bridgehead atoms. The van der Waals surface area contributed by atoms with Crippen molar-refractivity contribution in [3.63, 3.8) is 0 Å². The predicted molar refractivity (Wildman–Crippen MR) is 122 cm³/mol. The van der Waals surface area contributed by atoms with Crippen LogP contribution in [0.25, 0.3) is 11.3 Å². The highest BCUT2D eigenvalue weighted by molar-refractivity contribution is 5.89. The molecule has 2 saturated carbocycles. The van der Waals surface area contributed by atoms with E-state index in [0.717, 1.165) is 29.8 Å². The highest BCUT2D eigenvalue weighted by Crippen LogP contribution is 2.64. The van der Waals surface area contributed by atoms with Gasteiger partial charge in [0.25, 0.3) is 0 Å². The fraction of sp³-hybridized carbons (Fsp3) is 0.538. The van der Waals surface area contributed by atoms with Crippen molar-refractivity contribution in [2.75, 3.05) is 20.3 Å². The lowest BCUT2D eigenvalue weighted by molar-refractivity contribution is 0.0523. The van der Waals surface area contributed by atoms with Gasteiger partial charge < -0.3 is 18.8 Å². The third-order valence-electron chi connectivity index (χ3n) is 7.15. The maximum Gasteiger partial charge on any atom is 0.343 e. The van der Waals surface area contributed by atoms with Crippen LogP contribution in [0.3, 0.4) is 0 Å². The number of carbonyl (C=O) groups is 1. The van der Waals surface area contributed by atoms with Gasteiger partial charge in [-0.3, -0.25) is 4.79 Å². The minimum Gasteiger partial charge on any atom is -0.493 e. The summed E-state index contributed by atoms with van der Waals surface area (Å²) >= 11 is 0. The smallest absolute Gasteiger partial charge is 0.343 e. The summed E-state index contributed by atoms with van der Waals surface area (Å²) in [6, 6.07) is 5.87. The molecule has 6 nitrogen and oxygen atoms in total. The van der Waals surface area contributed by atoms with Crippen LogP contribution < -0.4 is 14.9 Å². The second kappa shape index (κ2) is 7.68. The van der Waals surface area contributed by atoms with Gasteiger partial charge in [0.1, 0.15) is 5.56 Å². The van der Waals surface area contributed by atoms with Gasteiger partial charge in [0.2, 0.25) is 0 Å². The summed E-state index contributed by atoms with van der Waals surface area (Å²) in [5, 5.41) is 0. The second-order valence-corrected chi connectivity index (χ2v) is 9.71. The molecule has 1 aromatic heterocycles. The van der Waals surface area contributed by atoms with E-state index in [1.165, 1.54) is 18.4 Å². The number of esters is 1. The molecule has 1 unspecified atom stereocenters.